The summed E-state index contributed by atoms with van der Waals surface area (Å²) < 4.78 is 5.03. The van der Waals surface area contributed by atoms with Crippen LogP contribution in [-0.4, -0.2) is 7.11 Å². The van der Waals surface area contributed by atoms with Gasteiger partial charge in [-0.15, -0.1) is 0 Å². The molecule has 1 saturated carbocycles. The summed E-state index contributed by atoms with van der Waals surface area (Å²) in [5, 5.41) is 0. The van der Waals surface area contributed by atoms with E-state index < -0.39 is 0 Å². The molecule has 1 aliphatic carbocycles. The van der Waals surface area contributed by atoms with Gasteiger partial charge in [-0.25, -0.2) is 0 Å². The van der Waals surface area contributed by atoms with Gasteiger partial charge in [-0.2, -0.15) is 0 Å². The zero-order chi connectivity index (χ0) is 7.61. The maximum atomic E-state index is 5.03. The zero-order valence-corrected chi connectivity index (χ0v) is 6.94. The van der Waals surface area contributed by atoms with Crippen molar-refractivity contribution in [2.75, 3.05) is 7.11 Å². The van der Waals surface area contributed by atoms with E-state index in [1.165, 1.54) is 19.3 Å². The van der Waals surface area contributed by atoms with Gasteiger partial charge < -0.3 is 4.74 Å². The first-order chi connectivity index (χ1) is 4.72. The molecule has 0 aromatic heterocycles. The molecule has 0 aromatic rings. The highest BCUT2D eigenvalue weighted by molar-refractivity contribution is 5.00. The minimum absolute atomic E-state index is 0.590. The lowest BCUT2D eigenvalue weighted by Crippen LogP contribution is -2.00. The van der Waals surface area contributed by atoms with Gasteiger partial charge >= 0.3 is 0 Å². The molecular formula is C9H16O. The molecule has 58 valence electrons. The second-order valence-electron chi connectivity index (χ2n) is 3.27. The molecule has 0 aromatic carbocycles. The molecule has 0 N–H and O–H groups in total. The quantitative estimate of drug-likeness (QED) is 0.545. The third-order valence-electron chi connectivity index (χ3n) is 2.57. The second-order valence-corrected chi connectivity index (χ2v) is 3.27. The van der Waals surface area contributed by atoms with Crippen LogP contribution < -0.4 is 0 Å². The van der Waals surface area contributed by atoms with E-state index in [0.29, 0.717) is 5.41 Å². The Balaban J connectivity index is 2.30. The van der Waals surface area contributed by atoms with Crippen molar-refractivity contribution in [1.29, 1.82) is 0 Å². The van der Waals surface area contributed by atoms with Gasteiger partial charge in [0.1, 0.15) is 0 Å². The Morgan fingerprint density at radius 3 is 2.50 bits per heavy atom. The van der Waals surface area contributed by atoms with Crippen molar-refractivity contribution in [2.45, 2.75) is 32.6 Å². The summed E-state index contributed by atoms with van der Waals surface area (Å²) in [7, 11) is 1.70. The van der Waals surface area contributed by atoms with Crippen LogP contribution in [0.5, 0.6) is 0 Å². The van der Waals surface area contributed by atoms with E-state index in [2.05, 4.69) is 13.5 Å². The van der Waals surface area contributed by atoms with Crippen LogP contribution in [0.25, 0.3) is 0 Å². The monoisotopic (exact) mass is 140 g/mol. The molecule has 0 unspecified atom stereocenters. The van der Waals surface area contributed by atoms with E-state index in [-0.39, 0.29) is 0 Å². The summed E-state index contributed by atoms with van der Waals surface area (Å²) in [5.41, 5.74) is 0.590. The van der Waals surface area contributed by atoms with Crippen LogP contribution in [0.2, 0.25) is 0 Å². The highest BCUT2D eigenvalue weighted by atomic mass is 16.5. The van der Waals surface area contributed by atoms with Gasteiger partial charge in [0.15, 0.2) is 0 Å². The predicted molar refractivity (Wildman–Crippen MR) is 42.7 cm³/mol. The van der Waals surface area contributed by atoms with Crippen LogP contribution in [0, 0.1) is 5.41 Å². The lowest BCUT2D eigenvalue weighted by atomic mass is 9.99. The molecule has 0 spiro atoms. The summed E-state index contributed by atoms with van der Waals surface area (Å²) in [6, 6.07) is 0. The lowest BCUT2D eigenvalue weighted by molar-refractivity contribution is 0.254. The van der Waals surface area contributed by atoms with Gasteiger partial charge in [0.05, 0.1) is 12.9 Å². The van der Waals surface area contributed by atoms with Gasteiger partial charge in [0.2, 0.25) is 0 Å². The molecular weight excluding hydrogens is 124 g/mol. The van der Waals surface area contributed by atoms with Crippen molar-refractivity contribution in [2.24, 2.45) is 5.41 Å². The van der Waals surface area contributed by atoms with Crippen molar-refractivity contribution in [3.8, 4) is 0 Å². The minimum Gasteiger partial charge on any atom is -0.502 e. The first-order valence-corrected chi connectivity index (χ1v) is 3.94. The van der Waals surface area contributed by atoms with Gasteiger partial charge in [-0.05, 0) is 18.3 Å². The molecule has 10 heavy (non-hydrogen) atoms. The van der Waals surface area contributed by atoms with Gasteiger partial charge in [0.25, 0.3) is 0 Å². The number of hydrogen-bond acceptors (Lipinski definition) is 1. The second kappa shape index (κ2) is 2.65. The molecule has 1 heteroatoms. The molecule has 1 rings (SSSR count). The first kappa shape index (κ1) is 7.64. The number of hydrogen-bond donors (Lipinski definition) is 0. The third-order valence-corrected chi connectivity index (χ3v) is 2.57. The zero-order valence-electron chi connectivity index (χ0n) is 6.94. The highest BCUT2D eigenvalue weighted by Crippen LogP contribution is 2.52. The summed E-state index contributed by atoms with van der Waals surface area (Å²) in [6.07, 6.45) is 5.08. The lowest BCUT2D eigenvalue weighted by Gasteiger charge is -2.12. The molecule has 0 bridgehead atoms. The number of ether oxygens (including phenoxy) is 1. The fourth-order valence-electron chi connectivity index (χ4n) is 1.32. The molecule has 1 aliphatic rings. The smallest absolute Gasteiger partial charge is 0.0889 e. The Morgan fingerprint density at radius 2 is 2.20 bits per heavy atom. The molecule has 0 heterocycles. The first-order valence-electron chi connectivity index (χ1n) is 3.94. The van der Waals surface area contributed by atoms with E-state index in [0.717, 1.165) is 12.2 Å². The summed E-state index contributed by atoms with van der Waals surface area (Å²) in [5.74, 6) is 0.944. The van der Waals surface area contributed by atoms with Crippen LogP contribution in [-0.2, 0) is 4.74 Å². The standard InChI is InChI=1S/C9H16O/c1-4-9(5-6-9)7-8(2)10-3/h2,4-7H2,1,3H3. The van der Waals surface area contributed by atoms with Crippen LogP contribution in [0.1, 0.15) is 32.6 Å². The van der Waals surface area contributed by atoms with Crippen LogP contribution in [0.4, 0.5) is 0 Å². The SMILES string of the molecule is C=C(CC1(CC)CC1)OC. The van der Waals surface area contributed by atoms with E-state index >= 15 is 0 Å². The highest BCUT2D eigenvalue weighted by Gasteiger charge is 2.40. The van der Waals surface area contributed by atoms with Crippen LogP contribution >= 0.6 is 0 Å². The van der Waals surface area contributed by atoms with Gasteiger partial charge in [0, 0.05) is 6.42 Å². The average Bonchev–Trinajstić information content (AvgIpc) is 2.70. The Morgan fingerprint density at radius 1 is 1.60 bits per heavy atom. The Kier molecular flexibility index (Phi) is 2.02. The Bertz CT molecular complexity index is 134. The van der Waals surface area contributed by atoms with Crippen molar-refractivity contribution in [1.82, 2.24) is 0 Å². The summed E-state index contributed by atoms with van der Waals surface area (Å²) in [6.45, 7) is 6.07. The van der Waals surface area contributed by atoms with Crippen molar-refractivity contribution < 1.29 is 4.74 Å². The molecule has 1 nitrogen and oxygen atoms in total. The number of methoxy groups -OCH3 is 1. The molecule has 0 saturated heterocycles. The van der Waals surface area contributed by atoms with Crippen molar-refractivity contribution in [3.63, 3.8) is 0 Å². The molecule has 0 radical (unpaired) electrons. The fourth-order valence-corrected chi connectivity index (χ4v) is 1.32. The normalized spacial score (nSPS) is 20.2. The molecule has 0 aliphatic heterocycles. The van der Waals surface area contributed by atoms with Crippen molar-refractivity contribution >= 4 is 0 Å². The maximum Gasteiger partial charge on any atom is 0.0889 e. The maximum absolute atomic E-state index is 5.03. The van der Waals surface area contributed by atoms with Gasteiger partial charge in [-0.1, -0.05) is 19.9 Å². The average molecular weight is 140 g/mol. The summed E-state index contributed by atoms with van der Waals surface area (Å²) >= 11 is 0. The van der Waals surface area contributed by atoms with E-state index in [1.807, 2.05) is 0 Å². The summed E-state index contributed by atoms with van der Waals surface area (Å²) in [4.78, 5) is 0. The predicted octanol–water partition coefficient (Wildman–Crippen LogP) is 2.73. The molecule has 0 amide bonds. The Hall–Kier alpha value is -0.460. The van der Waals surface area contributed by atoms with E-state index in [1.54, 1.807) is 7.11 Å². The fraction of sp³-hybridized carbons (Fsp3) is 0.778. The number of rotatable bonds is 4. The largest absolute Gasteiger partial charge is 0.502 e. The topological polar surface area (TPSA) is 9.23 Å². The van der Waals surface area contributed by atoms with E-state index in [4.69, 9.17) is 4.74 Å². The molecule has 0 atom stereocenters. The Labute approximate surface area is 63.1 Å². The number of allylic oxidation sites excluding steroid dienone is 1. The van der Waals surface area contributed by atoms with Crippen LogP contribution in [0.15, 0.2) is 12.3 Å². The third kappa shape index (κ3) is 1.53. The molecule has 1 fully saturated rings. The van der Waals surface area contributed by atoms with E-state index in [9.17, 15) is 0 Å². The van der Waals surface area contributed by atoms with Crippen LogP contribution in [0.3, 0.4) is 0 Å². The minimum atomic E-state index is 0.590. The van der Waals surface area contributed by atoms with Crippen molar-refractivity contribution in [3.05, 3.63) is 12.3 Å². The van der Waals surface area contributed by atoms with Gasteiger partial charge in [-0.3, -0.25) is 0 Å².